The lowest BCUT2D eigenvalue weighted by Crippen LogP contribution is -2.35. The standard InChI is InChI=1S/C17H19ClFN3O2.ClH/c1-9-6-11(7-20)8-22(9)17(23)14-10(2)24-21-16(14)15-12(18)4-3-5-13(15)19;/h3-5,9,11H,6-8,20H2,1-2H3;1H. The Morgan fingerprint density at radius 2 is 2.24 bits per heavy atom. The Kier molecular flexibility index (Phi) is 6.08. The minimum atomic E-state index is -0.542. The van der Waals surface area contributed by atoms with E-state index < -0.39 is 5.82 Å². The summed E-state index contributed by atoms with van der Waals surface area (Å²) in [6, 6.07) is 4.40. The van der Waals surface area contributed by atoms with Crippen molar-refractivity contribution in [2.75, 3.05) is 13.1 Å². The van der Waals surface area contributed by atoms with Gasteiger partial charge < -0.3 is 15.2 Å². The van der Waals surface area contributed by atoms with E-state index in [2.05, 4.69) is 5.16 Å². The van der Waals surface area contributed by atoms with Crippen LogP contribution in [0.5, 0.6) is 0 Å². The highest BCUT2D eigenvalue weighted by atomic mass is 35.5. The molecule has 2 unspecified atom stereocenters. The summed E-state index contributed by atoms with van der Waals surface area (Å²) in [5, 5.41) is 4.08. The zero-order valence-electron chi connectivity index (χ0n) is 14.0. The maximum atomic E-state index is 14.3. The molecule has 3 rings (SSSR count). The lowest BCUT2D eigenvalue weighted by Gasteiger charge is -2.21. The number of aromatic nitrogens is 1. The number of rotatable bonds is 3. The summed E-state index contributed by atoms with van der Waals surface area (Å²) >= 11 is 6.12. The quantitative estimate of drug-likeness (QED) is 0.871. The van der Waals surface area contributed by atoms with Crippen molar-refractivity contribution in [3.63, 3.8) is 0 Å². The van der Waals surface area contributed by atoms with Crippen molar-refractivity contribution >= 4 is 29.9 Å². The van der Waals surface area contributed by atoms with Crippen LogP contribution < -0.4 is 5.73 Å². The van der Waals surface area contributed by atoms with Crippen LogP contribution in [0.3, 0.4) is 0 Å². The fraction of sp³-hybridized carbons (Fsp3) is 0.412. The average molecular weight is 388 g/mol. The minimum absolute atomic E-state index is 0. The van der Waals surface area contributed by atoms with Crippen LogP contribution in [-0.4, -0.2) is 35.1 Å². The third kappa shape index (κ3) is 3.52. The Morgan fingerprint density at radius 1 is 1.52 bits per heavy atom. The Hall–Kier alpha value is -1.63. The van der Waals surface area contributed by atoms with E-state index >= 15 is 0 Å². The van der Waals surface area contributed by atoms with E-state index in [9.17, 15) is 9.18 Å². The van der Waals surface area contributed by atoms with Gasteiger partial charge in [-0.05, 0) is 44.9 Å². The van der Waals surface area contributed by atoms with Crippen LogP contribution in [0.25, 0.3) is 11.3 Å². The summed E-state index contributed by atoms with van der Waals surface area (Å²) < 4.78 is 19.4. The maximum Gasteiger partial charge on any atom is 0.260 e. The van der Waals surface area contributed by atoms with Gasteiger partial charge in [0.15, 0.2) is 0 Å². The van der Waals surface area contributed by atoms with Crippen LogP contribution in [0.2, 0.25) is 5.02 Å². The van der Waals surface area contributed by atoms with Crippen molar-refractivity contribution in [3.05, 3.63) is 40.4 Å². The number of likely N-dealkylation sites (tertiary alicyclic amines) is 1. The monoisotopic (exact) mass is 387 g/mol. The van der Waals surface area contributed by atoms with Crippen LogP contribution in [0.1, 0.15) is 29.5 Å². The molecule has 8 heteroatoms. The zero-order chi connectivity index (χ0) is 17.4. The molecular formula is C17H20Cl2FN3O2. The highest BCUT2D eigenvalue weighted by molar-refractivity contribution is 6.33. The number of amides is 1. The van der Waals surface area contributed by atoms with Gasteiger partial charge in [-0.2, -0.15) is 0 Å². The number of carbonyl (C=O) groups excluding carboxylic acids is 1. The molecule has 1 amide bonds. The van der Waals surface area contributed by atoms with Gasteiger partial charge in [-0.1, -0.05) is 22.8 Å². The zero-order valence-corrected chi connectivity index (χ0v) is 15.5. The van der Waals surface area contributed by atoms with Crippen molar-refractivity contribution in [1.82, 2.24) is 10.1 Å². The maximum absolute atomic E-state index is 14.3. The lowest BCUT2D eigenvalue weighted by atomic mass is 10.0. The van der Waals surface area contributed by atoms with Crippen molar-refractivity contribution in [2.45, 2.75) is 26.3 Å². The summed E-state index contributed by atoms with van der Waals surface area (Å²) in [5.74, 6) is -0.159. The summed E-state index contributed by atoms with van der Waals surface area (Å²) in [5.41, 5.74) is 6.22. The molecule has 1 aromatic carbocycles. The van der Waals surface area contributed by atoms with E-state index in [1.54, 1.807) is 17.9 Å². The molecule has 136 valence electrons. The first-order valence-corrected chi connectivity index (χ1v) is 8.23. The van der Waals surface area contributed by atoms with E-state index in [-0.39, 0.29) is 52.1 Å². The highest BCUT2D eigenvalue weighted by Crippen LogP contribution is 2.35. The summed E-state index contributed by atoms with van der Waals surface area (Å²) in [6.45, 7) is 4.72. The molecule has 2 N–H and O–H groups in total. The summed E-state index contributed by atoms with van der Waals surface area (Å²) in [4.78, 5) is 14.8. The van der Waals surface area contributed by atoms with E-state index in [0.717, 1.165) is 6.42 Å². The van der Waals surface area contributed by atoms with E-state index in [0.29, 0.717) is 18.8 Å². The molecular weight excluding hydrogens is 368 g/mol. The average Bonchev–Trinajstić information content (AvgIpc) is 3.10. The Bertz CT molecular complexity index is 761. The fourth-order valence-electron chi connectivity index (χ4n) is 3.26. The second-order valence-corrected chi connectivity index (χ2v) is 6.61. The minimum Gasteiger partial charge on any atom is -0.360 e. The first-order valence-electron chi connectivity index (χ1n) is 7.85. The first-order chi connectivity index (χ1) is 11.4. The molecule has 2 heterocycles. The third-order valence-electron chi connectivity index (χ3n) is 4.53. The molecule has 1 aromatic heterocycles. The first kappa shape index (κ1) is 19.7. The Morgan fingerprint density at radius 3 is 2.84 bits per heavy atom. The van der Waals surface area contributed by atoms with Gasteiger partial charge in [0.05, 0.1) is 10.6 Å². The van der Waals surface area contributed by atoms with Crippen LogP contribution in [0, 0.1) is 18.7 Å². The van der Waals surface area contributed by atoms with Gasteiger partial charge in [-0.15, -0.1) is 12.4 Å². The second-order valence-electron chi connectivity index (χ2n) is 6.20. The van der Waals surface area contributed by atoms with Crippen LogP contribution in [0.15, 0.2) is 22.7 Å². The number of nitrogens with two attached hydrogens (primary N) is 1. The van der Waals surface area contributed by atoms with Gasteiger partial charge in [0, 0.05) is 12.6 Å². The third-order valence-corrected chi connectivity index (χ3v) is 4.85. The largest absolute Gasteiger partial charge is 0.360 e. The van der Waals surface area contributed by atoms with E-state index in [1.165, 1.54) is 12.1 Å². The Balaban J connectivity index is 0.00000225. The van der Waals surface area contributed by atoms with Crippen molar-refractivity contribution in [1.29, 1.82) is 0 Å². The molecule has 1 saturated heterocycles. The molecule has 1 aliphatic rings. The molecule has 5 nitrogen and oxygen atoms in total. The molecule has 0 radical (unpaired) electrons. The number of benzene rings is 1. The van der Waals surface area contributed by atoms with Gasteiger partial charge in [-0.25, -0.2) is 4.39 Å². The smallest absolute Gasteiger partial charge is 0.260 e. The highest BCUT2D eigenvalue weighted by Gasteiger charge is 2.36. The molecule has 0 saturated carbocycles. The SMILES string of the molecule is Cc1onc(-c2c(F)cccc2Cl)c1C(=O)N1CC(CN)CC1C.Cl. The number of hydrogen-bond acceptors (Lipinski definition) is 4. The van der Waals surface area contributed by atoms with Gasteiger partial charge in [0.2, 0.25) is 0 Å². The molecule has 1 fully saturated rings. The van der Waals surface area contributed by atoms with Gasteiger partial charge >= 0.3 is 0 Å². The number of hydrogen-bond donors (Lipinski definition) is 1. The van der Waals surface area contributed by atoms with Gasteiger partial charge in [0.25, 0.3) is 5.91 Å². The molecule has 0 spiro atoms. The number of nitrogens with zero attached hydrogens (tertiary/aromatic N) is 2. The number of aryl methyl sites for hydroxylation is 1. The summed E-state index contributed by atoms with van der Waals surface area (Å²) in [7, 11) is 0. The number of halogens is 3. The summed E-state index contributed by atoms with van der Waals surface area (Å²) in [6.07, 6.45) is 0.850. The fourth-order valence-corrected chi connectivity index (χ4v) is 3.51. The lowest BCUT2D eigenvalue weighted by molar-refractivity contribution is 0.0742. The second kappa shape index (κ2) is 7.72. The van der Waals surface area contributed by atoms with Crippen molar-refractivity contribution < 1.29 is 13.7 Å². The molecule has 0 bridgehead atoms. The number of carbonyl (C=O) groups is 1. The van der Waals surface area contributed by atoms with Crippen LogP contribution >= 0.6 is 24.0 Å². The van der Waals surface area contributed by atoms with Gasteiger partial charge in [-0.3, -0.25) is 4.79 Å². The molecule has 25 heavy (non-hydrogen) atoms. The van der Waals surface area contributed by atoms with Crippen LogP contribution in [0.4, 0.5) is 4.39 Å². The molecule has 1 aliphatic heterocycles. The normalized spacial score (nSPS) is 19.8. The van der Waals surface area contributed by atoms with Crippen molar-refractivity contribution in [2.24, 2.45) is 11.7 Å². The molecule has 2 aromatic rings. The van der Waals surface area contributed by atoms with Crippen LogP contribution in [-0.2, 0) is 0 Å². The van der Waals surface area contributed by atoms with Gasteiger partial charge in [0.1, 0.15) is 22.8 Å². The predicted octanol–water partition coefficient (Wildman–Crippen LogP) is 3.67. The molecule has 0 aliphatic carbocycles. The predicted molar refractivity (Wildman–Crippen MR) is 96.6 cm³/mol. The topological polar surface area (TPSA) is 72.4 Å². The van der Waals surface area contributed by atoms with Crippen molar-refractivity contribution in [3.8, 4) is 11.3 Å². The Labute approximate surface area is 156 Å². The molecule has 2 atom stereocenters. The van der Waals surface area contributed by atoms with E-state index in [4.69, 9.17) is 21.9 Å². The van der Waals surface area contributed by atoms with E-state index in [1.807, 2.05) is 6.92 Å².